The maximum absolute atomic E-state index is 12.2. The number of fused-ring (bicyclic) bond motifs is 1. The van der Waals surface area contributed by atoms with Gasteiger partial charge in [-0.2, -0.15) is 8.42 Å². The van der Waals surface area contributed by atoms with Crippen molar-refractivity contribution in [2.24, 2.45) is 0 Å². The number of aliphatic hydroxyl groups is 1. The Morgan fingerprint density at radius 2 is 1.62 bits per heavy atom. The van der Waals surface area contributed by atoms with Crippen LogP contribution >= 0.6 is 0 Å². The summed E-state index contributed by atoms with van der Waals surface area (Å²) in [5.41, 5.74) is 1.61. The van der Waals surface area contributed by atoms with Gasteiger partial charge in [-0.25, -0.2) is 0 Å². The normalized spacial score (nSPS) is 13.1. The molecule has 0 aliphatic carbocycles. The SMILES string of the molecule is Cc1ccc(S(=O)(=O)OC[C@H](O)c2cccc3ccccc23)cc1. The van der Waals surface area contributed by atoms with Crippen LogP contribution in [0.1, 0.15) is 17.2 Å². The second-order valence-electron chi connectivity index (χ2n) is 5.64. The molecule has 0 aliphatic heterocycles. The molecule has 5 heteroatoms. The number of rotatable bonds is 5. The summed E-state index contributed by atoms with van der Waals surface area (Å²) >= 11 is 0. The lowest BCUT2D eigenvalue weighted by Gasteiger charge is -2.14. The minimum absolute atomic E-state index is 0.0817. The Labute approximate surface area is 141 Å². The fourth-order valence-electron chi connectivity index (χ4n) is 2.56. The van der Waals surface area contributed by atoms with Gasteiger partial charge in [-0.15, -0.1) is 0 Å². The summed E-state index contributed by atoms with van der Waals surface area (Å²) in [6.07, 6.45) is -1.03. The van der Waals surface area contributed by atoms with Crippen molar-refractivity contribution >= 4 is 20.9 Å². The lowest BCUT2D eigenvalue weighted by molar-refractivity contribution is 0.112. The van der Waals surface area contributed by atoms with Gasteiger partial charge in [0.25, 0.3) is 10.1 Å². The molecule has 3 aromatic rings. The number of aliphatic hydroxyl groups excluding tert-OH is 1. The van der Waals surface area contributed by atoms with E-state index in [-0.39, 0.29) is 11.5 Å². The van der Waals surface area contributed by atoms with Crippen LogP contribution in [0.2, 0.25) is 0 Å². The van der Waals surface area contributed by atoms with Crippen LogP contribution < -0.4 is 0 Å². The van der Waals surface area contributed by atoms with Gasteiger partial charge in [0.1, 0.15) is 6.10 Å². The van der Waals surface area contributed by atoms with Gasteiger partial charge >= 0.3 is 0 Å². The van der Waals surface area contributed by atoms with Crippen molar-refractivity contribution in [1.29, 1.82) is 0 Å². The molecule has 3 rings (SSSR count). The van der Waals surface area contributed by atoms with Crippen molar-refractivity contribution in [2.75, 3.05) is 6.61 Å². The van der Waals surface area contributed by atoms with Gasteiger partial charge in [-0.1, -0.05) is 60.2 Å². The summed E-state index contributed by atoms with van der Waals surface area (Å²) in [7, 11) is -3.89. The van der Waals surface area contributed by atoms with Crippen LogP contribution in [-0.4, -0.2) is 20.1 Å². The van der Waals surface area contributed by atoms with Crippen LogP contribution in [0.15, 0.2) is 71.6 Å². The van der Waals surface area contributed by atoms with Gasteiger partial charge in [0, 0.05) is 0 Å². The first-order valence-corrected chi connectivity index (χ1v) is 9.00. The quantitative estimate of drug-likeness (QED) is 0.720. The van der Waals surface area contributed by atoms with E-state index in [1.165, 1.54) is 12.1 Å². The zero-order valence-electron chi connectivity index (χ0n) is 13.2. The zero-order valence-corrected chi connectivity index (χ0v) is 14.0. The summed E-state index contributed by atoms with van der Waals surface area (Å²) in [5.74, 6) is 0. The molecule has 3 aromatic carbocycles. The molecule has 4 nitrogen and oxygen atoms in total. The van der Waals surface area contributed by atoms with E-state index >= 15 is 0 Å². The number of hydrogen-bond donors (Lipinski definition) is 1. The molecule has 0 radical (unpaired) electrons. The molecule has 0 fully saturated rings. The standard InChI is InChI=1S/C19H18O4S/c1-14-9-11-16(12-10-14)24(21,22)23-13-19(20)18-8-4-6-15-5-2-3-7-17(15)18/h2-12,19-20H,13H2,1H3/t19-/m0/s1. The highest BCUT2D eigenvalue weighted by molar-refractivity contribution is 7.86. The van der Waals surface area contributed by atoms with E-state index in [9.17, 15) is 13.5 Å². The highest BCUT2D eigenvalue weighted by Gasteiger charge is 2.19. The third-order valence-corrected chi connectivity index (χ3v) is 5.17. The predicted molar refractivity (Wildman–Crippen MR) is 93.2 cm³/mol. The first-order valence-electron chi connectivity index (χ1n) is 7.59. The Kier molecular flexibility index (Phi) is 4.66. The van der Waals surface area contributed by atoms with Crippen molar-refractivity contribution in [1.82, 2.24) is 0 Å². The fourth-order valence-corrected chi connectivity index (χ4v) is 3.47. The van der Waals surface area contributed by atoms with Crippen LogP contribution in [0.3, 0.4) is 0 Å². The summed E-state index contributed by atoms with van der Waals surface area (Å²) in [6.45, 7) is 1.55. The fraction of sp³-hybridized carbons (Fsp3) is 0.158. The second kappa shape index (κ2) is 6.73. The summed E-state index contributed by atoms with van der Waals surface area (Å²) in [6, 6.07) is 19.6. The first-order chi connectivity index (χ1) is 11.5. The molecule has 1 atom stereocenters. The smallest absolute Gasteiger partial charge is 0.297 e. The van der Waals surface area contributed by atoms with Crippen molar-refractivity contribution in [3.8, 4) is 0 Å². The van der Waals surface area contributed by atoms with E-state index in [1.54, 1.807) is 18.2 Å². The summed E-state index contributed by atoms with van der Waals surface area (Å²) < 4.78 is 29.5. The zero-order chi connectivity index (χ0) is 17.2. The maximum Gasteiger partial charge on any atom is 0.297 e. The van der Waals surface area contributed by atoms with Crippen LogP contribution in [0.4, 0.5) is 0 Å². The molecule has 0 saturated carbocycles. The van der Waals surface area contributed by atoms with Gasteiger partial charge in [-0.05, 0) is 35.4 Å². The molecule has 0 saturated heterocycles. The Morgan fingerprint density at radius 3 is 2.38 bits per heavy atom. The van der Waals surface area contributed by atoms with E-state index in [4.69, 9.17) is 4.18 Å². The topological polar surface area (TPSA) is 63.6 Å². The Hall–Kier alpha value is -2.21. The Balaban J connectivity index is 1.79. The van der Waals surface area contributed by atoms with Crippen LogP contribution in [0, 0.1) is 6.92 Å². The molecule has 124 valence electrons. The second-order valence-corrected chi connectivity index (χ2v) is 7.25. The molecular formula is C19H18O4S. The molecule has 0 amide bonds. The minimum Gasteiger partial charge on any atom is -0.386 e. The number of aryl methyl sites for hydroxylation is 1. The molecular weight excluding hydrogens is 324 g/mol. The molecule has 0 aromatic heterocycles. The van der Waals surface area contributed by atoms with Crippen LogP contribution in [0.5, 0.6) is 0 Å². The van der Waals surface area contributed by atoms with E-state index in [1.807, 2.05) is 43.3 Å². The summed E-state index contributed by atoms with van der Waals surface area (Å²) in [4.78, 5) is 0.0817. The monoisotopic (exact) mass is 342 g/mol. The lowest BCUT2D eigenvalue weighted by atomic mass is 10.0. The van der Waals surface area contributed by atoms with Crippen molar-refractivity contribution in [3.05, 3.63) is 77.9 Å². The highest BCUT2D eigenvalue weighted by Crippen LogP contribution is 2.25. The predicted octanol–water partition coefficient (Wildman–Crippen LogP) is 3.59. The number of hydrogen-bond acceptors (Lipinski definition) is 4. The van der Waals surface area contributed by atoms with Gasteiger partial charge in [-0.3, -0.25) is 4.18 Å². The van der Waals surface area contributed by atoms with Crippen molar-refractivity contribution < 1.29 is 17.7 Å². The third kappa shape index (κ3) is 3.48. The highest BCUT2D eigenvalue weighted by atomic mass is 32.2. The Morgan fingerprint density at radius 1 is 0.958 bits per heavy atom. The first kappa shape index (κ1) is 16.6. The molecule has 0 bridgehead atoms. The van der Waals surface area contributed by atoms with Gasteiger partial charge in [0.15, 0.2) is 0 Å². The third-order valence-electron chi connectivity index (χ3n) is 3.87. The molecule has 1 N–H and O–H groups in total. The van der Waals surface area contributed by atoms with Crippen LogP contribution in [-0.2, 0) is 14.3 Å². The van der Waals surface area contributed by atoms with Crippen molar-refractivity contribution in [2.45, 2.75) is 17.9 Å². The lowest BCUT2D eigenvalue weighted by Crippen LogP contribution is -2.13. The van der Waals surface area contributed by atoms with Crippen LogP contribution in [0.25, 0.3) is 10.8 Å². The number of benzene rings is 3. The molecule has 24 heavy (non-hydrogen) atoms. The van der Waals surface area contributed by atoms with Gasteiger partial charge in [0.2, 0.25) is 0 Å². The van der Waals surface area contributed by atoms with E-state index in [0.717, 1.165) is 16.3 Å². The molecule has 0 heterocycles. The van der Waals surface area contributed by atoms with E-state index < -0.39 is 16.2 Å². The van der Waals surface area contributed by atoms with Gasteiger partial charge < -0.3 is 5.11 Å². The maximum atomic E-state index is 12.2. The van der Waals surface area contributed by atoms with E-state index in [0.29, 0.717) is 5.56 Å². The average molecular weight is 342 g/mol. The van der Waals surface area contributed by atoms with E-state index in [2.05, 4.69) is 0 Å². The minimum atomic E-state index is -3.89. The van der Waals surface area contributed by atoms with Crippen molar-refractivity contribution in [3.63, 3.8) is 0 Å². The molecule has 0 unspecified atom stereocenters. The largest absolute Gasteiger partial charge is 0.386 e. The Bertz CT molecular complexity index is 941. The molecule has 0 spiro atoms. The average Bonchev–Trinajstić information content (AvgIpc) is 2.59. The van der Waals surface area contributed by atoms with Gasteiger partial charge in [0.05, 0.1) is 11.5 Å². The summed E-state index contributed by atoms with van der Waals surface area (Å²) in [5, 5.41) is 12.2. The molecule has 0 aliphatic rings.